The molecular formula is C20H31N3O2. The van der Waals surface area contributed by atoms with Crippen LogP contribution in [0.3, 0.4) is 0 Å². The predicted molar refractivity (Wildman–Crippen MR) is 101 cm³/mol. The third-order valence-corrected chi connectivity index (χ3v) is 5.73. The van der Waals surface area contributed by atoms with Crippen LogP contribution in [-0.2, 0) is 4.79 Å². The molecule has 25 heavy (non-hydrogen) atoms. The summed E-state index contributed by atoms with van der Waals surface area (Å²) >= 11 is 0. The zero-order valence-corrected chi connectivity index (χ0v) is 15.8. The van der Waals surface area contributed by atoms with E-state index in [2.05, 4.69) is 40.7 Å². The van der Waals surface area contributed by atoms with Crippen molar-refractivity contribution in [2.24, 2.45) is 5.92 Å². The van der Waals surface area contributed by atoms with Crippen LogP contribution in [0.1, 0.15) is 26.7 Å². The highest BCUT2D eigenvalue weighted by atomic mass is 16.5. The lowest BCUT2D eigenvalue weighted by Gasteiger charge is -2.41. The van der Waals surface area contributed by atoms with Crippen LogP contribution in [0.5, 0.6) is 5.75 Å². The van der Waals surface area contributed by atoms with Crippen molar-refractivity contribution in [1.82, 2.24) is 9.80 Å². The summed E-state index contributed by atoms with van der Waals surface area (Å²) in [6, 6.07) is 8.20. The van der Waals surface area contributed by atoms with E-state index in [0.29, 0.717) is 5.91 Å². The Kier molecular flexibility index (Phi) is 5.84. The lowest BCUT2D eigenvalue weighted by molar-refractivity contribution is -0.137. The summed E-state index contributed by atoms with van der Waals surface area (Å²) in [5.74, 6) is 1.95. The van der Waals surface area contributed by atoms with E-state index in [4.69, 9.17) is 4.74 Å². The normalized spacial score (nSPS) is 21.2. The Hall–Kier alpha value is -1.75. The summed E-state index contributed by atoms with van der Waals surface area (Å²) in [5, 5.41) is 0. The first-order chi connectivity index (χ1) is 12.1. The molecule has 1 unspecified atom stereocenters. The lowest BCUT2D eigenvalue weighted by Crippen LogP contribution is -2.55. The number of amides is 1. The third-order valence-electron chi connectivity index (χ3n) is 5.73. The van der Waals surface area contributed by atoms with Crippen LogP contribution in [0.15, 0.2) is 24.3 Å². The molecular weight excluding hydrogens is 314 g/mol. The van der Waals surface area contributed by atoms with Crippen molar-refractivity contribution in [3.63, 3.8) is 0 Å². The van der Waals surface area contributed by atoms with Gasteiger partial charge in [-0.3, -0.25) is 9.69 Å². The summed E-state index contributed by atoms with van der Waals surface area (Å²) in [4.78, 5) is 19.6. The number of nitrogens with zero attached hydrogens (tertiary/aromatic N) is 3. The molecule has 2 heterocycles. The van der Waals surface area contributed by atoms with Crippen molar-refractivity contribution in [3.05, 3.63) is 24.3 Å². The number of methoxy groups -OCH3 is 1. The highest BCUT2D eigenvalue weighted by molar-refractivity contribution is 5.81. The molecule has 5 nitrogen and oxygen atoms in total. The van der Waals surface area contributed by atoms with Gasteiger partial charge in [-0.25, -0.2) is 0 Å². The zero-order chi connectivity index (χ0) is 17.8. The van der Waals surface area contributed by atoms with Crippen LogP contribution < -0.4 is 9.64 Å². The smallest absolute Gasteiger partial charge is 0.239 e. The molecule has 2 saturated heterocycles. The van der Waals surface area contributed by atoms with Crippen molar-refractivity contribution >= 4 is 11.6 Å². The highest BCUT2D eigenvalue weighted by Gasteiger charge is 2.30. The Morgan fingerprint density at radius 2 is 1.80 bits per heavy atom. The second-order valence-corrected chi connectivity index (χ2v) is 7.41. The Morgan fingerprint density at radius 3 is 2.44 bits per heavy atom. The SMILES string of the molecule is COc1cccc(N2CCN(C(C)C(=O)N3CCC(C)CC3)CC2)c1. The standard InChI is InChI=1S/C20H31N3O2/c1-16-7-9-23(10-8-16)20(24)17(2)21-11-13-22(14-12-21)18-5-4-6-19(15-18)25-3/h4-6,15-17H,7-14H2,1-3H3. The van der Waals surface area contributed by atoms with E-state index in [1.165, 1.54) is 5.69 Å². The molecule has 2 aliphatic heterocycles. The number of carbonyl (C=O) groups is 1. The second-order valence-electron chi connectivity index (χ2n) is 7.41. The summed E-state index contributed by atoms with van der Waals surface area (Å²) in [7, 11) is 1.70. The van der Waals surface area contributed by atoms with Crippen molar-refractivity contribution in [1.29, 1.82) is 0 Å². The van der Waals surface area contributed by atoms with Crippen LogP contribution in [0, 0.1) is 5.92 Å². The minimum absolute atomic E-state index is 0.0131. The summed E-state index contributed by atoms with van der Waals surface area (Å²) in [6.45, 7) is 9.94. The highest BCUT2D eigenvalue weighted by Crippen LogP contribution is 2.23. The molecule has 1 aromatic rings. The number of hydrogen-bond donors (Lipinski definition) is 0. The predicted octanol–water partition coefficient (Wildman–Crippen LogP) is 2.46. The number of hydrogen-bond acceptors (Lipinski definition) is 4. The van der Waals surface area contributed by atoms with E-state index >= 15 is 0 Å². The number of ether oxygens (including phenoxy) is 1. The second kappa shape index (κ2) is 8.09. The first kappa shape index (κ1) is 18.1. The molecule has 1 atom stereocenters. The molecule has 2 aliphatic rings. The van der Waals surface area contributed by atoms with Gasteiger partial charge in [0.2, 0.25) is 5.91 Å². The fraction of sp³-hybridized carbons (Fsp3) is 0.650. The lowest BCUT2D eigenvalue weighted by atomic mass is 9.98. The minimum atomic E-state index is -0.0131. The number of benzene rings is 1. The van der Waals surface area contributed by atoms with Crippen molar-refractivity contribution in [3.8, 4) is 5.75 Å². The molecule has 0 spiro atoms. The molecule has 0 radical (unpaired) electrons. The Labute approximate surface area is 151 Å². The first-order valence-corrected chi connectivity index (χ1v) is 9.50. The van der Waals surface area contributed by atoms with E-state index in [0.717, 1.165) is 63.8 Å². The van der Waals surface area contributed by atoms with Gasteiger partial charge in [0.05, 0.1) is 13.2 Å². The monoisotopic (exact) mass is 345 g/mol. The number of piperidine rings is 1. The minimum Gasteiger partial charge on any atom is -0.497 e. The summed E-state index contributed by atoms with van der Waals surface area (Å²) in [5.41, 5.74) is 1.20. The Balaban J connectivity index is 1.53. The molecule has 0 N–H and O–H groups in total. The molecule has 1 amide bonds. The number of piperazine rings is 1. The van der Waals surface area contributed by atoms with Crippen molar-refractivity contribution in [2.45, 2.75) is 32.7 Å². The number of carbonyl (C=O) groups excluding carboxylic acids is 1. The van der Waals surface area contributed by atoms with Gasteiger partial charge in [0, 0.05) is 51.0 Å². The topological polar surface area (TPSA) is 36.0 Å². The first-order valence-electron chi connectivity index (χ1n) is 9.50. The van der Waals surface area contributed by atoms with Gasteiger partial charge in [-0.15, -0.1) is 0 Å². The van der Waals surface area contributed by atoms with Crippen LogP contribution in [0.25, 0.3) is 0 Å². The van der Waals surface area contributed by atoms with E-state index in [-0.39, 0.29) is 6.04 Å². The van der Waals surface area contributed by atoms with Crippen LogP contribution >= 0.6 is 0 Å². The molecule has 0 aliphatic carbocycles. The largest absolute Gasteiger partial charge is 0.497 e. The van der Waals surface area contributed by atoms with Crippen molar-refractivity contribution in [2.75, 3.05) is 51.3 Å². The van der Waals surface area contributed by atoms with Gasteiger partial charge >= 0.3 is 0 Å². The van der Waals surface area contributed by atoms with Crippen molar-refractivity contribution < 1.29 is 9.53 Å². The summed E-state index contributed by atoms with van der Waals surface area (Å²) < 4.78 is 5.32. The van der Waals surface area contributed by atoms with Crippen LogP contribution in [0.2, 0.25) is 0 Å². The molecule has 0 bridgehead atoms. The average Bonchev–Trinajstić information content (AvgIpc) is 2.67. The van der Waals surface area contributed by atoms with Gasteiger partial charge in [0.1, 0.15) is 5.75 Å². The van der Waals surface area contributed by atoms with Gasteiger partial charge in [-0.1, -0.05) is 13.0 Å². The maximum Gasteiger partial charge on any atom is 0.239 e. The molecule has 3 rings (SSSR count). The molecule has 2 fully saturated rings. The Bertz CT molecular complexity index is 576. The third kappa shape index (κ3) is 4.27. The fourth-order valence-corrected chi connectivity index (χ4v) is 3.82. The molecule has 5 heteroatoms. The molecule has 0 aromatic heterocycles. The number of rotatable bonds is 4. The van der Waals surface area contributed by atoms with Crippen LogP contribution in [0.4, 0.5) is 5.69 Å². The molecule has 1 aromatic carbocycles. The summed E-state index contributed by atoms with van der Waals surface area (Å²) in [6.07, 6.45) is 2.28. The number of anilines is 1. The Morgan fingerprint density at radius 1 is 1.12 bits per heavy atom. The van der Waals surface area contributed by atoms with E-state index in [1.807, 2.05) is 12.1 Å². The van der Waals surface area contributed by atoms with Gasteiger partial charge in [0.25, 0.3) is 0 Å². The quantitative estimate of drug-likeness (QED) is 0.840. The average molecular weight is 345 g/mol. The van der Waals surface area contributed by atoms with Gasteiger partial charge in [-0.2, -0.15) is 0 Å². The number of likely N-dealkylation sites (tertiary alicyclic amines) is 1. The fourth-order valence-electron chi connectivity index (χ4n) is 3.82. The van der Waals surface area contributed by atoms with Crippen LogP contribution in [-0.4, -0.2) is 68.1 Å². The molecule has 138 valence electrons. The van der Waals surface area contributed by atoms with E-state index < -0.39 is 0 Å². The van der Waals surface area contributed by atoms with E-state index in [1.54, 1.807) is 7.11 Å². The van der Waals surface area contributed by atoms with Gasteiger partial charge in [0.15, 0.2) is 0 Å². The maximum absolute atomic E-state index is 12.8. The van der Waals surface area contributed by atoms with Gasteiger partial charge in [-0.05, 0) is 37.8 Å². The zero-order valence-electron chi connectivity index (χ0n) is 15.8. The van der Waals surface area contributed by atoms with Gasteiger partial charge < -0.3 is 14.5 Å². The van der Waals surface area contributed by atoms with E-state index in [9.17, 15) is 4.79 Å². The maximum atomic E-state index is 12.8. The molecule has 0 saturated carbocycles.